The zero-order valence-corrected chi connectivity index (χ0v) is 15.4. The molecule has 0 amide bonds. The number of hydrogen-bond donors (Lipinski definition) is 1. The van der Waals surface area contributed by atoms with E-state index in [1.54, 1.807) is 25.1 Å². The molecule has 3 rings (SSSR count). The van der Waals surface area contributed by atoms with Gasteiger partial charge >= 0.3 is 5.76 Å². The van der Waals surface area contributed by atoms with Crippen molar-refractivity contribution in [2.45, 2.75) is 39.1 Å². The minimum atomic E-state index is -3.80. The second-order valence-corrected chi connectivity index (χ2v) is 7.75. The van der Waals surface area contributed by atoms with E-state index in [2.05, 4.69) is 4.72 Å². The van der Waals surface area contributed by atoms with Crippen LogP contribution < -0.4 is 10.5 Å². The van der Waals surface area contributed by atoms with Crippen molar-refractivity contribution in [2.24, 2.45) is 0 Å². The molecule has 0 bridgehead atoms. The summed E-state index contributed by atoms with van der Waals surface area (Å²) in [6.45, 7) is 7.88. The van der Waals surface area contributed by atoms with Gasteiger partial charge in [0.25, 0.3) is 10.0 Å². The van der Waals surface area contributed by atoms with Gasteiger partial charge < -0.3 is 4.42 Å². The largest absolute Gasteiger partial charge is 0.419 e. The molecule has 0 spiro atoms. The van der Waals surface area contributed by atoms with Crippen LogP contribution in [-0.2, 0) is 16.6 Å². The van der Waals surface area contributed by atoms with Gasteiger partial charge in [-0.15, -0.1) is 0 Å². The van der Waals surface area contributed by atoms with E-state index in [1.165, 1.54) is 10.6 Å². The number of sulfonamides is 1. The smallest absolute Gasteiger partial charge is 0.408 e. The molecule has 1 aromatic heterocycles. The topological polar surface area (TPSA) is 81.3 Å². The Morgan fingerprint density at radius 1 is 1.04 bits per heavy atom. The standard InChI is InChI=1S/C18H20N2O4S/c1-5-20-15-9-13(4)17(10-16(15)24-18(20)21)25(22,23)19-14-7-6-11(2)12(3)8-14/h6-10,19H,5H2,1-4H3. The van der Waals surface area contributed by atoms with E-state index < -0.39 is 15.8 Å². The van der Waals surface area contributed by atoms with Crippen LogP contribution in [0.3, 0.4) is 0 Å². The first-order valence-electron chi connectivity index (χ1n) is 7.97. The van der Waals surface area contributed by atoms with Gasteiger partial charge in [0.2, 0.25) is 0 Å². The van der Waals surface area contributed by atoms with Gasteiger partial charge in [-0.25, -0.2) is 13.2 Å². The molecule has 0 aliphatic heterocycles. The lowest BCUT2D eigenvalue weighted by molar-refractivity contribution is 0.512. The third-order valence-electron chi connectivity index (χ3n) is 4.33. The lowest BCUT2D eigenvalue weighted by Gasteiger charge is -2.12. The fourth-order valence-corrected chi connectivity index (χ4v) is 4.09. The fourth-order valence-electron chi connectivity index (χ4n) is 2.80. The summed E-state index contributed by atoms with van der Waals surface area (Å²) < 4.78 is 34.8. The molecular weight excluding hydrogens is 340 g/mol. The molecule has 1 heterocycles. The number of oxazole rings is 1. The van der Waals surface area contributed by atoms with Crippen molar-refractivity contribution >= 4 is 26.8 Å². The van der Waals surface area contributed by atoms with Crippen molar-refractivity contribution < 1.29 is 12.8 Å². The van der Waals surface area contributed by atoms with Crippen LogP contribution >= 0.6 is 0 Å². The van der Waals surface area contributed by atoms with E-state index >= 15 is 0 Å². The Kier molecular flexibility index (Phi) is 4.20. The van der Waals surface area contributed by atoms with Crippen molar-refractivity contribution in [2.75, 3.05) is 4.72 Å². The highest BCUT2D eigenvalue weighted by atomic mass is 32.2. The molecular formula is C18H20N2O4S. The third kappa shape index (κ3) is 3.07. The molecule has 0 fully saturated rings. The molecule has 0 saturated heterocycles. The number of nitrogens with one attached hydrogen (secondary N) is 1. The second-order valence-electron chi connectivity index (χ2n) is 6.10. The van der Waals surface area contributed by atoms with Gasteiger partial charge in [0.1, 0.15) is 0 Å². The van der Waals surface area contributed by atoms with Gasteiger partial charge in [0, 0.05) is 18.3 Å². The highest BCUT2D eigenvalue weighted by molar-refractivity contribution is 7.92. The molecule has 2 aromatic carbocycles. The van der Waals surface area contributed by atoms with Gasteiger partial charge in [0.05, 0.1) is 10.4 Å². The molecule has 0 atom stereocenters. The first kappa shape index (κ1) is 17.3. The molecule has 3 aromatic rings. The van der Waals surface area contributed by atoms with Gasteiger partial charge in [0.15, 0.2) is 5.58 Å². The summed E-state index contributed by atoms with van der Waals surface area (Å²) in [5.74, 6) is -0.492. The summed E-state index contributed by atoms with van der Waals surface area (Å²) >= 11 is 0. The second kappa shape index (κ2) is 6.07. The van der Waals surface area contributed by atoms with Crippen molar-refractivity contribution in [3.63, 3.8) is 0 Å². The molecule has 0 radical (unpaired) electrons. The number of fused-ring (bicyclic) bond motifs is 1. The Labute approximate surface area is 146 Å². The maximum atomic E-state index is 12.8. The maximum absolute atomic E-state index is 12.8. The minimum absolute atomic E-state index is 0.0928. The van der Waals surface area contributed by atoms with Crippen LogP contribution in [0.4, 0.5) is 5.69 Å². The first-order chi connectivity index (χ1) is 11.7. The molecule has 7 heteroatoms. The quantitative estimate of drug-likeness (QED) is 0.774. The van der Waals surface area contributed by atoms with Crippen molar-refractivity contribution in [1.29, 1.82) is 0 Å². The number of nitrogens with zero attached hydrogens (tertiary/aromatic N) is 1. The minimum Gasteiger partial charge on any atom is -0.408 e. The van der Waals surface area contributed by atoms with Crippen molar-refractivity contribution in [3.05, 3.63) is 57.6 Å². The highest BCUT2D eigenvalue weighted by Gasteiger charge is 2.20. The Morgan fingerprint density at radius 2 is 1.76 bits per heavy atom. The number of anilines is 1. The van der Waals surface area contributed by atoms with Crippen LogP contribution in [0.15, 0.2) is 44.4 Å². The van der Waals surface area contributed by atoms with E-state index in [9.17, 15) is 13.2 Å². The molecule has 0 aliphatic carbocycles. The van der Waals surface area contributed by atoms with E-state index in [0.717, 1.165) is 11.1 Å². The van der Waals surface area contributed by atoms with E-state index in [1.807, 2.05) is 26.8 Å². The molecule has 1 N–H and O–H groups in total. The SMILES string of the molecule is CCn1c(=O)oc2cc(S(=O)(=O)Nc3ccc(C)c(C)c3)c(C)cc21. The predicted molar refractivity (Wildman–Crippen MR) is 97.6 cm³/mol. The van der Waals surface area contributed by atoms with Crippen LogP contribution in [0.25, 0.3) is 11.1 Å². The molecule has 132 valence electrons. The average molecular weight is 360 g/mol. The van der Waals surface area contributed by atoms with Crippen LogP contribution in [0, 0.1) is 20.8 Å². The lowest BCUT2D eigenvalue weighted by Crippen LogP contribution is -2.15. The number of benzene rings is 2. The summed E-state index contributed by atoms with van der Waals surface area (Å²) in [5, 5.41) is 0. The summed E-state index contributed by atoms with van der Waals surface area (Å²) in [7, 11) is -3.80. The van der Waals surface area contributed by atoms with Crippen LogP contribution in [0.2, 0.25) is 0 Å². The van der Waals surface area contributed by atoms with E-state index in [0.29, 0.717) is 23.3 Å². The summed E-state index contributed by atoms with van der Waals surface area (Å²) in [6.07, 6.45) is 0. The predicted octanol–water partition coefficient (Wildman–Crippen LogP) is 3.34. The van der Waals surface area contributed by atoms with Gasteiger partial charge in [-0.2, -0.15) is 0 Å². The highest BCUT2D eigenvalue weighted by Crippen LogP contribution is 2.25. The Bertz CT molecular complexity index is 1120. The van der Waals surface area contributed by atoms with Crippen LogP contribution in [-0.4, -0.2) is 13.0 Å². The average Bonchev–Trinajstić information content (AvgIpc) is 2.84. The zero-order valence-electron chi connectivity index (χ0n) is 14.6. The molecule has 0 aliphatic rings. The lowest BCUT2D eigenvalue weighted by atomic mass is 10.1. The van der Waals surface area contributed by atoms with Gasteiger partial charge in [-0.1, -0.05) is 6.07 Å². The summed E-state index contributed by atoms with van der Waals surface area (Å²) in [6, 6.07) is 8.44. The monoisotopic (exact) mass is 360 g/mol. The number of aryl methyl sites for hydroxylation is 4. The maximum Gasteiger partial charge on any atom is 0.419 e. The van der Waals surface area contributed by atoms with Crippen LogP contribution in [0.1, 0.15) is 23.6 Å². The Balaban J connectivity index is 2.09. The molecule has 6 nitrogen and oxygen atoms in total. The number of rotatable bonds is 4. The van der Waals surface area contributed by atoms with E-state index in [4.69, 9.17) is 4.42 Å². The number of hydrogen-bond acceptors (Lipinski definition) is 4. The van der Waals surface area contributed by atoms with Crippen molar-refractivity contribution in [3.8, 4) is 0 Å². The molecule has 0 unspecified atom stereocenters. The van der Waals surface area contributed by atoms with Crippen LogP contribution in [0.5, 0.6) is 0 Å². The summed E-state index contributed by atoms with van der Waals surface area (Å²) in [5.41, 5.74) is 3.98. The van der Waals surface area contributed by atoms with Gasteiger partial charge in [-0.05, 0) is 62.6 Å². The number of aromatic nitrogens is 1. The van der Waals surface area contributed by atoms with Crippen molar-refractivity contribution in [1.82, 2.24) is 4.57 Å². The Hall–Kier alpha value is -2.54. The van der Waals surface area contributed by atoms with E-state index in [-0.39, 0.29) is 10.5 Å². The first-order valence-corrected chi connectivity index (χ1v) is 9.45. The molecule has 0 saturated carbocycles. The Morgan fingerprint density at radius 3 is 2.40 bits per heavy atom. The molecule has 25 heavy (non-hydrogen) atoms. The fraction of sp³-hybridized carbons (Fsp3) is 0.278. The summed E-state index contributed by atoms with van der Waals surface area (Å²) in [4.78, 5) is 11.9. The zero-order chi connectivity index (χ0) is 18.4. The third-order valence-corrected chi connectivity index (χ3v) is 5.85. The van der Waals surface area contributed by atoms with Gasteiger partial charge in [-0.3, -0.25) is 9.29 Å². The normalized spacial score (nSPS) is 11.8.